The molecule has 1 amide bonds. The summed E-state index contributed by atoms with van der Waals surface area (Å²) in [5.41, 5.74) is 1.11. The van der Waals surface area contributed by atoms with E-state index in [-0.39, 0.29) is 5.91 Å². The van der Waals surface area contributed by atoms with Gasteiger partial charge in [-0.3, -0.25) is 4.79 Å². The van der Waals surface area contributed by atoms with Crippen LogP contribution >= 0.6 is 23.1 Å². The summed E-state index contributed by atoms with van der Waals surface area (Å²) in [6.45, 7) is 2.87. The zero-order valence-electron chi connectivity index (χ0n) is 15.5. The fraction of sp³-hybridized carbons (Fsp3) is 0.450. The Kier molecular flexibility index (Phi) is 5.78. The summed E-state index contributed by atoms with van der Waals surface area (Å²) in [5, 5.41) is 16.1. The number of nitrogens with one attached hydrogen (secondary N) is 1. The molecule has 3 aromatic rings. The number of fused-ring (bicyclic) bond motifs is 1. The van der Waals surface area contributed by atoms with E-state index >= 15 is 0 Å². The molecule has 0 atom stereocenters. The van der Waals surface area contributed by atoms with Crippen molar-refractivity contribution >= 4 is 39.1 Å². The van der Waals surface area contributed by atoms with Crippen LogP contribution in [0, 0.1) is 0 Å². The van der Waals surface area contributed by atoms with Crippen molar-refractivity contribution in [3.05, 3.63) is 29.6 Å². The Bertz CT molecular complexity index is 927. The van der Waals surface area contributed by atoms with Gasteiger partial charge in [-0.25, -0.2) is 0 Å². The first-order valence-electron chi connectivity index (χ1n) is 9.58. The topological polar surface area (TPSA) is 59.8 Å². The van der Waals surface area contributed by atoms with Crippen molar-refractivity contribution in [2.75, 3.05) is 5.75 Å². The molecule has 2 aromatic heterocycles. The van der Waals surface area contributed by atoms with Crippen LogP contribution < -0.4 is 5.32 Å². The van der Waals surface area contributed by atoms with E-state index in [1.165, 1.54) is 41.1 Å². The SMILES string of the molecule is CCn1c(SCC(=O)NC2CCCCC2)nnc1-c1csc2ccccc12. The van der Waals surface area contributed by atoms with Crippen LogP contribution in [-0.2, 0) is 11.3 Å². The number of rotatable bonds is 6. The van der Waals surface area contributed by atoms with Gasteiger partial charge in [0.05, 0.1) is 5.75 Å². The molecular formula is C20H24N4OS2. The van der Waals surface area contributed by atoms with Gasteiger partial charge in [0, 0.05) is 33.6 Å². The minimum Gasteiger partial charge on any atom is -0.353 e. The molecule has 1 saturated carbocycles. The second-order valence-corrected chi connectivity index (χ2v) is 8.74. The van der Waals surface area contributed by atoms with Gasteiger partial charge in [-0.2, -0.15) is 0 Å². The summed E-state index contributed by atoms with van der Waals surface area (Å²) in [6.07, 6.45) is 5.95. The van der Waals surface area contributed by atoms with Crippen LogP contribution in [0.3, 0.4) is 0 Å². The highest BCUT2D eigenvalue weighted by Crippen LogP contribution is 2.34. The van der Waals surface area contributed by atoms with E-state index in [1.807, 2.05) is 0 Å². The molecule has 0 unspecified atom stereocenters. The Morgan fingerprint density at radius 1 is 1.26 bits per heavy atom. The van der Waals surface area contributed by atoms with Gasteiger partial charge in [0.1, 0.15) is 0 Å². The third-order valence-corrected chi connectivity index (χ3v) is 6.99. The van der Waals surface area contributed by atoms with Crippen LogP contribution in [0.4, 0.5) is 0 Å². The molecule has 1 aliphatic carbocycles. The molecule has 5 nitrogen and oxygen atoms in total. The number of thioether (sulfide) groups is 1. The fourth-order valence-electron chi connectivity index (χ4n) is 3.68. The van der Waals surface area contributed by atoms with E-state index in [9.17, 15) is 4.79 Å². The van der Waals surface area contributed by atoms with Crippen molar-refractivity contribution in [1.82, 2.24) is 20.1 Å². The van der Waals surface area contributed by atoms with Crippen LogP contribution in [0.1, 0.15) is 39.0 Å². The predicted molar refractivity (Wildman–Crippen MR) is 112 cm³/mol. The standard InChI is InChI=1S/C20H24N4OS2/c1-2-24-19(16-12-26-17-11-7-6-10-15(16)17)22-23-20(24)27-13-18(25)21-14-8-4-3-5-9-14/h6-7,10-12,14H,2-5,8-9,13H2,1H3,(H,21,25). The van der Waals surface area contributed by atoms with Crippen LogP contribution in [-0.4, -0.2) is 32.5 Å². The van der Waals surface area contributed by atoms with Crippen molar-refractivity contribution in [2.45, 2.75) is 56.8 Å². The fourth-order valence-corrected chi connectivity index (χ4v) is 5.43. The normalized spacial score (nSPS) is 15.3. The summed E-state index contributed by atoms with van der Waals surface area (Å²) in [5.74, 6) is 1.36. The highest BCUT2D eigenvalue weighted by molar-refractivity contribution is 7.99. The number of benzene rings is 1. The smallest absolute Gasteiger partial charge is 0.230 e. The van der Waals surface area contributed by atoms with E-state index in [4.69, 9.17) is 0 Å². The summed E-state index contributed by atoms with van der Waals surface area (Å²) >= 11 is 3.20. The largest absolute Gasteiger partial charge is 0.353 e. The number of carbonyl (C=O) groups excluding carboxylic acids is 1. The first kappa shape index (κ1) is 18.5. The maximum atomic E-state index is 12.3. The number of hydrogen-bond acceptors (Lipinski definition) is 5. The summed E-state index contributed by atoms with van der Waals surface area (Å²) in [4.78, 5) is 12.3. The average Bonchev–Trinajstić information content (AvgIpc) is 3.30. The van der Waals surface area contributed by atoms with Gasteiger partial charge in [0.25, 0.3) is 0 Å². The molecule has 1 aromatic carbocycles. The van der Waals surface area contributed by atoms with Gasteiger partial charge in [-0.05, 0) is 25.8 Å². The number of hydrogen-bond donors (Lipinski definition) is 1. The van der Waals surface area contributed by atoms with E-state index < -0.39 is 0 Å². The number of carbonyl (C=O) groups is 1. The molecule has 0 saturated heterocycles. The Balaban J connectivity index is 1.47. The van der Waals surface area contributed by atoms with Crippen molar-refractivity contribution in [3.63, 3.8) is 0 Å². The monoisotopic (exact) mass is 400 g/mol. The number of aromatic nitrogens is 3. The lowest BCUT2D eigenvalue weighted by atomic mass is 9.95. The first-order chi connectivity index (χ1) is 13.3. The van der Waals surface area contributed by atoms with Gasteiger partial charge in [-0.15, -0.1) is 21.5 Å². The molecule has 4 rings (SSSR count). The van der Waals surface area contributed by atoms with E-state index in [0.29, 0.717) is 11.8 Å². The van der Waals surface area contributed by atoms with Gasteiger partial charge < -0.3 is 9.88 Å². The summed E-state index contributed by atoms with van der Waals surface area (Å²) in [7, 11) is 0. The molecule has 1 N–H and O–H groups in total. The van der Waals surface area contributed by atoms with Crippen LogP contribution in [0.25, 0.3) is 21.5 Å². The van der Waals surface area contributed by atoms with E-state index in [2.05, 4.69) is 56.7 Å². The number of nitrogens with zero attached hydrogens (tertiary/aromatic N) is 3. The molecule has 0 radical (unpaired) electrons. The predicted octanol–water partition coefficient (Wildman–Crippen LogP) is 4.72. The van der Waals surface area contributed by atoms with Crippen molar-refractivity contribution in [2.24, 2.45) is 0 Å². The quantitative estimate of drug-likeness (QED) is 0.608. The van der Waals surface area contributed by atoms with Crippen molar-refractivity contribution in [3.8, 4) is 11.4 Å². The first-order valence-corrected chi connectivity index (χ1v) is 11.4. The van der Waals surface area contributed by atoms with Gasteiger partial charge >= 0.3 is 0 Å². The molecule has 0 aliphatic heterocycles. The second-order valence-electron chi connectivity index (χ2n) is 6.89. The third-order valence-electron chi connectivity index (χ3n) is 5.06. The highest BCUT2D eigenvalue weighted by atomic mass is 32.2. The molecule has 142 valence electrons. The van der Waals surface area contributed by atoms with Crippen molar-refractivity contribution in [1.29, 1.82) is 0 Å². The number of thiophene rings is 1. The van der Waals surface area contributed by atoms with E-state index in [0.717, 1.165) is 35.9 Å². The minimum absolute atomic E-state index is 0.0973. The Morgan fingerprint density at radius 3 is 2.89 bits per heavy atom. The van der Waals surface area contributed by atoms with Gasteiger partial charge in [-0.1, -0.05) is 49.2 Å². The maximum Gasteiger partial charge on any atom is 0.230 e. The van der Waals surface area contributed by atoms with Crippen molar-refractivity contribution < 1.29 is 4.79 Å². The Hall–Kier alpha value is -1.86. The molecule has 0 spiro atoms. The third kappa shape index (κ3) is 4.04. The molecule has 1 fully saturated rings. The van der Waals surface area contributed by atoms with Gasteiger partial charge in [0.15, 0.2) is 11.0 Å². The highest BCUT2D eigenvalue weighted by Gasteiger charge is 2.19. The molecule has 27 heavy (non-hydrogen) atoms. The lowest BCUT2D eigenvalue weighted by Gasteiger charge is -2.22. The Labute approximate surface area is 167 Å². The molecule has 1 aliphatic rings. The van der Waals surface area contributed by atoms with Crippen LogP contribution in [0.5, 0.6) is 0 Å². The minimum atomic E-state index is 0.0973. The van der Waals surface area contributed by atoms with E-state index in [1.54, 1.807) is 11.3 Å². The number of amides is 1. The van der Waals surface area contributed by atoms with Crippen LogP contribution in [0.2, 0.25) is 0 Å². The summed E-state index contributed by atoms with van der Waals surface area (Å²) < 4.78 is 3.35. The molecule has 2 heterocycles. The van der Waals surface area contributed by atoms with Gasteiger partial charge in [0.2, 0.25) is 5.91 Å². The maximum absolute atomic E-state index is 12.3. The second kappa shape index (κ2) is 8.44. The van der Waals surface area contributed by atoms with Crippen LogP contribution in [0.15, 0.2) is 34.8 Å². The Morgan fingerprint density at radius 2 is 2.07 bits per heavy atom. The summed E-state index contributed by atoms with van der Waals surface area (Å²) in [6, 6.07) is 8.71. The lowest BCUT2D eigenvalue weighted by Crippen LogP contribution is -2.37. The molecular weight excluding hydrogens is 376 g/mol. The zero-order chi connectivity index (χ0) is 18.6. The zero-order valence-corrected chi connectivity index (χ0v) is 17.1. The average molecular weight is 401 g/mol. The molecule has 0 bridgehead atoms. The lowest BCUT2D eigenvalue weighted by molar-refractivity contribution is -0.119. The molecule has 7 heteroatoms.